The SMILES string of the molecule is CCCn1ccnc1CNC(=O)C(C)NC(=O)OC. The van der Waals surface area contributed by atoms with Gasteiger partial charge in [-0.15, -0.1) is 0 Å². The van der Waals surface area contributed by atoms with E-state index in [9.17, 15) is 9.59 Å². The average Bonchev–Trinajstić information content (AvgIpc) is 2.83. The van der Waals surface area contributed by atoms with Crippen LogP contribution >= 0.6 is 0 Å². The fraction of sp³-hybridized carbons (Fsp3) is 0.583. The van der Waals surface area contributed by atoms with E-state index in [0.717, 1.165) is 18.8 Å². The first kappa shape index (κ1) is 15.0. The summed E-state index contributed by atoms with van der Waals surface area (Å²) in [7, 11) is 1.25. The molecule has 1 unspecified atom stereocenters. The highest BCUT2D eigenvalue weighted by Crippen LogP contribution is 1.99. The van der Waals surface area contributed by atoms with Crippen molar-refractivity contribution in [2.45, 2.75) is 39.4 Å². The Morgan fingerprint density at radius 3 is 2.89 bits per heavy atom. The van der Waals surface area contributed by atoms with Gasteiger partial charge in [0.1, 0.15) is 11.9 Å². The lowest BCUT2D eigenvalue weighted by molar-refractivity contribution is -0.122. The molecule has 0 saturated heterocycles. The van der Waals surface area contributed by atoms with Crippen molar-refractivity contribution in [2.24, 2.45) is 0 Å². The van der Waals surface area contributed by atoms with E-state index in [0.29, 0.717) is 6.54 Å². The summed E-state index contributed by atoms with van der Waals surface area (Å²) in [6.45, 7) is 4.86. The number of alkyl carbamates (subject to hydrolysis) is 1. The van der Waals surface area contributed by atoms with Crippen molar-refractivity contribution in [3.8, 4) is 0 Å². The first-order valence-electron chi connectivity index (χ1n) is 6.20. The Hall–Kier alpha value is -2.05. The summed E-state index contributed by atoms with van der Waals surface area (Å²) in [6, 6.07) is -0.651. The number of ether oxygens (including phenoxy) is 1. The van der Waals surface area contributed by atoms with Gasteiger partial charge in [0.25, 0.3) is 0 Å². The van der Waals surface area contributed by atoms with E-state index in [2.05, 4.69) is 27.3 Å². The molecule has 0 spiro atoms. The van der Waals surface area contributed by atoms with E-state index >= 15 is 0 Å². The molecule has 2 N–H and O–H groups in total. The Kier molecular flexibility index (Phi) is 5.84. The summed E-state index contributed by atoms with van der Waals surface area (Å²) in [5, 5.41) is 5.12. The molecule has 0 aromatic carbocycles. The maximum atomic E-state index is 11.7. The molecule has 0 fully saturated rings. The highest BCUT2D eigenvalue weighted by molar-refractivity contribution is 5.85. The quantitative estimate of drug-likeness (QED) is 0.793. The second-order valence-corrected chi connectivity index (χ2v) is 4.11. The summed E-state index contributed by atoms with van der Waals surface area (Å²) in [6.07, 6.45) is 3.95. The molecule has 19 heavy (non-hydrogen) atoms. The summed E-state index contributed by atoms with van der Waals surface area (Å²) < 4.78 is 6.41. The topological polar surface area (TPSA) is 85.3 Å². The van der Waals surface area contributed by atoms with Crippen LogP contribution in [-0.2, 0) is 22.6 Å². The van der Waals surface area contributed by atoms with E-state index in [-0.39, 0.29) is 5.91 Å². The third kappa shape index (κ3) is 4.61. The van der Waals surface area contributed by atoms with Crippen LogP contribution in [0, 0.1) is 0 Å². The molecular formula is C12H20N4O3. The third-order valence-corrected chi connectivity index (χ3v) is 2.60. The van der Waals surface area contributed by atoms with Crippen molar-refractivity contribution in [3.05, 3.63) is 18.2 Å². The number of hydrogen-bond donors (Lipinski definition) is 2. The molecule has 7 heteroatoms. The zero-order valence-electron chi connectivity index (χ0n) is 11.5. The minimum atomic E-state index is -0.651. The molecular weight excluding hydrogens is 248 g/mol. The standard InChI is InChI=1S/C12H20N4O3/c1-4-6-16-7-5-13-10(16)8-14-11(17)9(2)15-12(18)19-3/h5,7,9H,4,6,8H2,1-3H3,(H,14,17)(H,15,18). The molecule has 0 radical (unpaired) electrons. The number of rotatable bonds is 6. The maximum Gasteiger partial charge on any atom is 0.407 e. The van der Waals surface area contributed by atoms with Crippen LogP contribution in [-0.4, -0.2) is 34.7 Å². The Balaban J connectivity index is 2.45. The molecule has 0 aliphatic heterocycles. The lowest BCUT2D eigenvalue weighted by atomic mass is 10.3. The molecule has 0 bridgehead atoms. The van der Waals surface area contributed by atoms with Gasteiger partial charge in [-0.3, -0.25) is 4.79 Å². The van der Waals surface area contributed by atoms with Crippen LogP contribution in [0.25, 0.3) is 0 Å². The summed E-state index contributed by atoms with van der Waals surface area (Å²) in [5.41, 5.74) is 0. The Bertz CT molecular complexity index is 430. The number of aryl methyl sites for hydroxylation is 1. The number of nitrogens with zero attached hydrogens (tertiary/aromatic N) is 2. The number of aromatic nitrogens is 2. The molecule has 1 aromatic rings. The molecule has 1 atom stereocenters. The van der Waals surface area contributed by atoms with Crippen LogP contribution in [0.3, 0.4) is 0 Å². The van der Waals surface area contributed by atoms with Crippen LogP contribution < -0.4 is 10.6 Å². The molecule has 0 aliphatic rings. The monoisotopic (exact) mass is 268 g/mol. The smallest absolute Gasteiger partial charge is 0.407 e. The normalized spacial score (nSPS) is 11.7. The van der Waals surface area contributed by atoms with E-state index in [1.165, 1.54) is 7.11 Å². The van der Waals surface area contributed by atoms with Gasteiger partial charge in [0.05, 0.1) is 13.7 Å². The van der Waals surface area contributed by atoms with Crippen LogP contribution in [0.1, 0.15) is 26.1 Å². The van der Waals surface area contributed by atoms with Gasteiger partial charge in [-0.05, 0) is 13.3 Å². The van der Waals surface area contributed by atoms with Crippen molar-refractivity contribution in [1.82, 2.24) is 20.2 Å². The molecule has 7 nitrogen and oxygen atoms in total. The zero-order chi connectivity index (χ0) is 14.3. The minimum Gasteiger partial charge on any atom is -0.453 e. The predicted octanol–water partition coefficient (Wildman–Crippen LogP) is 0.654. The number of methoxy groups -OCH3 is 1. The molecule has 0 saturated carbocycles. The van der Waals surface area contributed by atoms with Crippen molar-refractivity contribution >= 4 is 12.0 Å². The zero-order valence-corrected chi connectivity index (χ0v) is 11.5. The Morgan fingerprint density at radius 1 is 1.53 bits per heavy atom. The number of imidazole rings is 1. The number of hydrogen-bond acceptors (Lipinski definition) is 4. The molecule has 1 aromatic heterocycles. The van der Waals surface area contributed by atoms with E-state index in [1.807, 2.05) is 10.8 Å². The molecule has 1 heterocycles. The number of carbonyl (C=O) groups excluding carboxylic acids is 2. The van der Waals surface area contributed by atoms with Crippen molar-refractivity contribution in [3.63, 3.8) is 0 Å². The highest BCUT2D eigenvalue weighted by atomic mass is 16.5. The largest absolute Gasteiger partial charge is 0.453 e. The van der Waals surface area contributed by atoms with E-state index in [1.54, 1.807) is 13.1 Å². The lowest BCUT2D eigenvalue weighted by Gasteiger charge is -2.13. The number of carbonyl (C=O) groups is 2. The van der Waals surface area contributed by atoms with Gasteiger partial charge < -0.3 is 19.9 Å². The fourth-order valence-electron chi connectivity index (χ4n) is 1.57. The van der Waals surface area contributed by atoms with Crippen LogP contribution in [0.4, 0.5) is 4.79 Å². The van der Waals surface area contributed by atoms with Gasteiger partial charge in [0.15, 0.2) is 0 Å². The minimum absolute atomic E-state index is 0.281. The second kappa shape index (κ2) is 7.40. The van der Waals surface area contributed by atoms with E-state index < -0.39 is 12.1 Å². The Labute approximate surface area is 112 Å². The highest BCUT2D eigenvalue weighted by Gasteiger charge is 2.15. The second-order valence-electron chi connectivity index (χ2n) is 4.11. The van der Waals surface area contributed by atoms with Gasteiger partial charge in [-0.2, -0.15) is 0 Å². The van der Waals surface area contributed by atoms with Gasteiger partial charge in [0, 0.05) is 18.9 Å². The number of amides is 2. The van der Waals surface area contributed by atoms with Gasteiger partial charge in [-0.1, -0.05) is 6.92 Å². The van der Waals surface area contributed by atoms with E-state index in [4.69, 9.17) is 0 Å². The van der Waals surface area contributed by atoms with Crippen LogP contribution in [0.15, 0.2) is 12.4 Å². The summed E-state index contributed by atoms with van der Waals surface area (Å²) in [4.78, 5) is 26.9. The third-order valence-electron chi connectivity index (χ3n) is 2.60. The lowest BCUT2D eigenvalue weighted by Crippen LogP contribution is -2.44. The van der Waals surface area contributed by atoms with Crippen LogP contribution in [0.2, 0.25) is 0 Å². The van der Waals surface area contributed by atoms with Crippen molar-refractivity contribution in [2.75, 3.05) is 7.11 Å². The first-order valence-corrected chi connectivity index (χ1v) is 6.20. The summed E-state index contributed by atoms with van der Waals surface area (Å²) in [5.74, 6) is 0.511. The van der Waals surface area contributed by atoms with Crippen LogP contribution in [0.5, 0.6) is 0 Å². The van der Waals surface area contributed by atoms with Crippen molar-refractivity contribution in [1.29, 1.82) is 0 Å². The number of nitrogens with one attached hydrogen (secondary N) is 2. The molecule has 1 rings (SSSR count). The van der Waals surface area contributed by atoms with Gasteiger partial charge in [0.2, 0.25) is 5.91 Å². The fourth-order valence-corrected chi connectivity index (χ4v) is 1.57. The van der Waals surface area contributed by atoms with Gasteiger partial charge >= 0.3 is 6.09 Å². The van der Waals surface area contributed by atoms with Crippen molar-refractivity contribution < 1.29 is 14.3 Å². The summed E-state index contributed by atoms with van der Waals surface area (Å²) >= 11 is 0. The van der Waals surface area contributed by atoms with Gasteiger partial charge in [-0.25, -0.2) is 9.78 Å². The maximum absolute atomic E-state index is 11.7. The molecule has 0 aliphatic carbocycles. The molecule has 2 amide bonds. The average molecular weight is 268 g/mol. The molecule has 106 valence electrons. The predicted molar refractivity (Wildman–Crippen MR) is 69.4 cm³/mol. The Morgan fingerprint density at radius 2 is 2.26 bits per heavy atom. The first-order chi connectivity index (χ1) is 9.08.